The maximum absolute atomic E-state index is 12.2. The van der Waals surface area contributed by atoms with Gasteiger partial charge >= 0.3 is 17.9 Å². The molecule has 0 aromatic heterocycles. The van der Waals surface area contributed by atoms with Crippen molar-refractivity contribution in [2.75, 3.05) is 13.7 Å². The lowest BCUT2D eigenvalue weighted by Gasteiger charge is -2.33. The molecule has 3 unspecified atom stereocenters. The highest BCUT2D eigenvalue weighted by Crippen LogP contribution is 2.49. The summed E-state index contributed by atoms with van der Waals surface area (Å²) in [5, 5.41) is 0. The average Bonchev–Trinajstić information content (AvgIpc) is 3.29. The van der Waals surface area contributed by atoms with Crippen LogP contribution in [0.25, 0.3) is 0 Å². The molecule has 0 amide bonds. The molecule has 2 aliphatic rings. The van der Waals surface area contributed by atoms with Crippen molar-refractivity contribution in [3.63, 3.8) is 0 Å². The molecule has 1 aromatic rings. The lowest BCUT2D eigenvalue weighted by molar-refractivity contribution is -0.146. The first-order valence-electron chi connectivity index (χ1n) is 14.4. The minimum atomic E-state index is -0.422. The van der Waals surface area contributed by atoms with Gasteiger partial charge in [-0.15, -0.1) is 0 Å². The predicted octanol–water partition coefficient (Wildman–Crippen LogP) is 6.17. The van der Waals surface area contributed by atoms with E-state index in [0.717, 1.165) is 56.9 Å². The fourth-order valence-electron chi connectivity index (χ4n) is 5.91. The second-order valence-corrected chi connectivity index (χ2v) is 10.0. The van der Waals surface area contributed by atoms with Gasteiger partial charge in [-0.1, -0.05) is 58.9 Å². The molecule has 1 fully saturated rings. The summed E-state index contributed by atoms with van der Waals surface area (Å²) in [5.41, 5.74) is 2.31. The van der Waals surface area contributed by atoms with Crippen molar-refractivity contribution < 1.29 is 33.3 Å². The number of benzene rings is 1. The molecule has 0 spiro atoms. The molecule has 7 nitrogen and oxygen atoms in total. The molecule has 5 atom stereocenters. The number of methoxy groups -OCH3 is 1. The smallest absolute Gasteiger partial charge is 0.343 e. The normalized spacial score (nSPS) is 21.6. The predicted molar refractivity (Wildman–Crippen MR) is 151 cm³/mol. The molecule has 1 aromatic carbocycles. The van der Waals surface area contributed by atoms with Gasteiger partial charge in [-0.25, -0.2) is 14.4 Å². The van der Waals surface area contributed by atoms with Crippen molar-refractivity contribution in [3.8, 4) is 5.75 Å². The van der Waals surface area contributed by atoms with E-state index >= 15 is 0 Å². The third-order valence-electron chi connectivity index (χ3n) is 7.73. The monoisotopic (exact) mass is 542 g/mol. The van der Waals surface area contributed by atoms with E-state index < -0.39 is 17.9 Å². The molecule has 0 N–H and O–H groups in total. The Morgan fingerprint density at radius 2 is 1.79 bits per heavy atom. The highest BCUT2D eigenvalue weighted by atomic mass is 16.6. The second kappa shape index (κ2) is 16.8. The van der Waals surface area contributed by atoms with Crippen LogP contribution in [0.1, 0.15) is 76.8 Å². The van der Waals surface area contributed by atoms with Gasteiger partial charge in [-0.05, 0) is 79.9 Å². The van der Waals surface area contributed by atoms with Gasteiger partial charge in [-0.2, -0.15) is 0 Å². The number of rotatable bonds is 14. The molecule has 2 aliphatic carbocycles. The van der Waals surface area contributed by atoms with E-state index in [2.05, 4.69) is 26.1 Å². The van der Waals surface area contributed by atoms with Gasteiger partial charge in [-0.3, -0.25) is 0 Å². The van der Waals surface area contributed by atoms with Gasteiger partial charge in [0.15, 0.2) is 6.61 Å². The van der Waals surface area contributed by atoms with E-state index in [4.69, 9.17) is 18.9 Å². The first kappa shape index (κ1) is 32.1. The van der Waals surface area contributed by atoms with Gasteiger partial charge in [0.25, 0.3) is 0 Å². The van der Waals surface area contributed by atoms with Crippen LogP contribution in [0.4, 0.5) is 0 Å². The van der Waals surface area contributed by atoms with Crippen LogP contribution in [0.2, 0.25) is 0 Å². The van der Waals surface area contributed by atoms with Crippen molar-refractivity contribution in [3.05, 3.63) is 54.6 Å². The van der Waals surface area contributed by atoms with E-state index in [9.17, 15) is 14.4 Å². The zero-order chi connectivity index (χ0) is 28.8. The SMILES string of the molecule is C=CC(=O)O[C@H](CCCCC)CCC1C2Cc3cccc(OCC(=O)OC)c3CC2C[C@H]1OC(=O)C=C.CC. The number of carbonyl (C=O) groups excluding carboxylic acids is 3. The summed E-state index contributed by atoms with van der Waals surface area (Å²) in [6, 6.07) is 5.94. The van der Waals surface area contributed by atoms with E-state index in [1.54, 1.807) is 0 Å². The van der Waals surface area contributed by atoms with Gasteiger partial charge in [0.1, 0.15) is 18.0 Å². The van der Waals surface area contributed by atoms with Crippen molar-refractivity contribution in [1.82, 2.24) is 0 Å². The lowest BCUT2D eigenvalue weighted by atomic mass is 9.73. The van der Waals surface area contributed by atoms with Gasteiger partial charge < -0.3 is 18.9 Å². The third kappa shape index (κ3) is 9.26. The third-order valence-corrected chi connectivity index (χ3v) is 7.73. The molecular formula is C32H46O7. The Morgan fingerprint density at radius 1 is 1.05 bits per heavy atom. The highest BCUT2D eigenvalue weighted by Gasteiger charge is 2.47. The van der Waals surface area contributed by atoms with Crippen LogP contribution in [0.3, 0.4) is 0 Å². The molecule has 1 saturated carbocycles. The van der Waals surface area contributed by atoms with Crippen molar-refractivity contribution in [2.24, 2.45) is 17.8 Å². The van der Waals surface area contributed by atoms with Crippen LogP contribution < -0.4 is 4.74 Å². The van der Waals surface area contributed by atoms with Gasteiger partial charge in [0.2, 0.25) is 0 Å². The Kier molecular flexibility index (Phi) is 13.8. The molecule has 0 bridgehead atoms. The number of unbranched alkanes of at least 4 members (excludes halogenated alkanes) is 2. The summed E-state index contributed by atoms with van der Waals surface area (Å²) in [6.45, 7) is 13.1. The summed E-state index contributed by atoms with van der Waals surface area (Å²) < 4.78 is 22.0. The van der Waals surface area contributed by atoms with Crippen LogP contribution in [0, 0.1) is 17.8 Å². The largest absolute Gasteiger partial charge is 0.482 e. The van der Waals surface area contributed by atoms with Crippen LogP contribution in [0.15, 0.2) is 43.5 Å². The number of carbonyl (C=O) groups is 3. The second-order valence-electron chi connectivity index (χ2n) is 10.0. The molecule has 7 heteroatoms. The quantitative estimate of drug-likeness (QED) is 0.120. The van der Waals surface area contributed by atoms with E-state index in [0.29, 0.717) is 24.0 Å². The fourth-order valence-corrected chi connectivity index (χ4v) is 5.91. The molecule has 0 aliphatic heterocycles. The van der Waals surface area contributed by atoms with E-state index in [-0.39, 0.29) is 24.7 Å². The Bertz CT molecular complexity index is 969. The molecule has 216 valence electrons. The number of fused-ring (bicyclic) bond motifs is 2. The van der Waals surface area contributed by atoms with Crippen LogP contribution in [0.5, 0.6) is 5.75 Å². The van der Waals surface area contributed by atoms with Crippen LogP contribution >= 0.6 is 0 Å². The molecule has 0 radical (unpaired) electrons. The van der Waals surface area contributed by atoms with Gasteiger partial charge in [0, 0.05) is 12.2 Å². The van der Waals surface area contributed by atoms with Crippen LogP contribution in [-0.4, -0.2) is 43.8 Å². The van der Waals surface area contributed by atoms with E-state index in [1.807, 2.05) is 26.0 Å². The Labute approximate surface area is 233 Å². The molecule has 3 rings (SSSR count). The zero-order valence-corrected chi connectivity index (χ0v) is 24.1. The summed E-state index contributed by atoms with van der Waals surface area (Å²) in [5.74, 6) is 0.274. The van der Waals surface area contributed by atoms with Gasteiger partial charge in [0.05, 0.1) is 7.11 Å². The van der Waals surface area contributed by atoms with Crippen molar-refractivity contribution in [2.45, 2.75) is 90.8 Å². The maximum atomic E-state index is 12.2. The average molecular weight is 543 g/mol. The zero-order valence-electron chi connectivity index (χ0n) is 24.1. The number of esters is 3. The first-order valence-corrected chi connectivity index (χ1v) is 14.4. The molecule has 39 heavy (non-hydrogen) atoms. The lowest BCUT2D eigenvalue weighted by Crippen LogP contribution is -2.30. The number of hydrogen-bond acceptors (Lipinski definition) is 7. The Morgan fingerprint density at radius 3 is 2.46 bits per heavy atom. The minimum Gasteiger partial charge on any atom is -0.482 e. The number of ether oxygens (including phenoxy) is 4. The summed E-state index contributed by atoms with van der Waals surface area (Å²) in [7, 11) is 1.34. The highest BCUT2D eigenvalue weighted by molar-refractivity contribution is 5.81. The molecular weight excluding hydrogens is 496 g/mol. The van der Waals surface area contributed by atoms with Crippen molar-refractivity contribution in [1.29, 1.82) is 0 Å². The topological polar surface area (TPSA) is 88.1 Å². The fraction of sp³-hybridized carbons (Fsp3) is 0.594. The minimum absolute atomic E-state index is 0.133. The first-order chi connectivity index (χ1) is 18.9. The Hall–Kier alpha value is -3.09. The molecule has 0 heterocycles. The standard InChI is InChI=1S/C30H40O7.C2H6/c1-5-8-9-12-22(36-28(31)6-2)14-15-23-24-16-20-11-10-13-26(35-19-30(33)34-4)25(20)17-21(24)18-27(23)37-29(32)7-3;1-2/h6-7,10-11,13,21-24,27H,2-3,5,8-9,12,14-19H2,1,4H3;1-2H3/t21?,22-,23?,24?,27-;/m1./s1. The van der Waals surface area contributed by atoms with E-state index in [1.165, 1.54) is 24.8 Å². The maximum Gasteiger partial charge on any atom is 0.343 e. The summed E-state index contributed by atoms with van der Waals surface area (Å²) in [4.78, 5) is 35.7. The molecule has 0 saturated heterocycles. The number of hydrogen-bond donors (Lipinski definition) is 0. The Balaban J connectivity index is 0.00000260. The van der Waals surface area contributed by atoms with Crippen LogP contribution in [-0.2, 0) is 41.4 Å². The van der Waals surface area contributed by atoms with Crippen molar-refractivity contribution >= 4 is 17.9 Å². The summed E-state index contributed by atoms with van der Waals surface area (Å²) in [6.07, 6.45) is 9.93. The summed E-state index contributed by atoms with van der Waals surface area (Å²) >= 11 is 0.